The van der Waals surface area contributed by atoms with Gasteiger partial charge in [0, 0.05) is 24.9 Å². The average Bonchev–Trinajstić information content (AvgIpc) is 3.13. The number of carbonyl (C=O) groups excluding carboxylic acids is 1. The molecule has 1 atom stereocenters. The van der Waals surface area contributed by atoms with Gasteiger partial charge in [0.25, 0.3) is 0 Å². The van der Waals surface area contributed by atoms with E-state index in [4.69, 9.17) is 0 Å². The largest absolute Gasteiger partial charge is 0.480 e. The highest BCUT2D eigenvalue weighted by molar-refractivity contribution is 7.21. The molecule has 2 heterocycles. The van der Waals surface area contributed by atoms with Crippen molar-refractivity contribution in [3.8, 4) is 10.4 Å². The third kappa shape index (κ3) is 4.94. The first-order valence-electron chi connectivity index (χ1n) is 9.83. The second-order valence-electron chi connectivity index (χ2n) is 7.59. The number of carboxylic acid groups (broad SMARTS) is 1. The number of aromatic nitrogens is 2. The first kappa shape index (κ1) is 21.7. The predicted molar refractivity (Wildman–Crippen MR) is 120 cm³/mol. The van der Waals surface area contributed by atoms with Crippen LogP contribution in [0.25, 0.3) is 20.7 Å². The van der Waals surface area contributed by atoms with E-state index in [-0.39, 0.29) is 18.2 Å². The van der Waals surface area contributed by atoms with Gasteiger partial charge in [-0.2, -0.15) is 0 Å². The van der Waals surface area contributed by atoms with Gasteiger partial charge in [-0.05, 0) is 24.5 Å². The average molecular weight is 427 g/mol. The van der Waals surface area contributed by atoms with Crippen molar-refractivity contribution >= 4 is 39.2 Å². The third-order valence-electron chi connectivity index (χ3n) is 4.83. The van der Waals surface area contributed by atoms with Crippen LogP contribution >= 0.6 is 11.3 Å². The molecule has 0 aliphatic rings. The number of aliphatic carboxylic acids is 1. The number of thiophene rings is 1. The van der Waals surface area contributed by atoms with E-state index in [0.717, 1.165) is 26.5 Å². The topological polar surface area (TPSA) is 95.4 Å². The van der Waals surface area contributed by atoms with Crippen LogP contribution in [0, 0.1) is 12.8 Å². The summed E-state index contributed by atoms with van der Waals surface area (Å²) in [6.45, 7) is 5.81. The van der Waals surface area contributed by atoms with Crippen LogP contribution < -0.4 is 10.2 Å². The molecule has 3 rings (SSSR count). The molecule has 1 amide bonds. The lowest BCUT2D eigenvalue weighted by Crippen LogP contribution is -2.45. The van der Waals surface area contributed by atoms with Gasteiger partial charge in [-0.15, -0.1) is 11.3 Å². The fourth-order valence-corrected chi connectivity index (χ4v) is 4.26. The van der Waals surface area contributed by atoms with E-state index in [0.29, 0.717) is 12.4 Å². The molecule has 2 aromatic heterocycles. The molecule has 0 fully saturated rings. The van der Waals surface area contributed by atoms with E-state index < -0.39 is 12.0 Å². The third-order valence-corrected chi connectivity index (χ3v) is 5.91. The van der Waals surface area contributed by atoms with Gasteiger partial charge in [-0.1, -0.05) is 44.2 Å². The summed E-state index contributed by atoms with van der Waals surface area (Å²) < 4.78 is 0. The highest BCUT2D eigenvalue weighted by atomic mass is 32.1. The molecule has 2 N–H and O–H groups in total. The smallest absolute Gasteiger partial charge is 0.326 e. The summed E-state index contributed by atoms with van der Waals surface area (Å²) in [6, 6.07) is 11.3. The molecule has 30 heavy (non-hydrogen) atoms. The predicted octanol–water partition coefficient (Wildman–Crippen LogP) is 3.72. The summed E-state index contributed by atoms with van der Waals surface area (Å²) in [5.74, 6) is -0.0641. The quantitative estimate of drug-likeness (QED) is 0.570. The number of anilines is 1. The number of carboxylic acids is 1. The molecule has 0 saturated heterocycles. The summed E-state index contributed by atoms with van der Waals surface area (Å²) in [6.07, 6.45) is 0.174. The first-order valence-corrected chi connectivity index (χ1v) is 10.6. The number of nitrogens with one attached hydrogen (secondary N) is 1. The van der Waals surface area contributed by atoms with Crippen LogP contribution in [0.3, 0.4) is 0 Å². The molecule has 0 spiro atoms. The zero-order chi connectivity index (χ0) is 21.8. The highest BCUT2D eigenvalue weighted by Gasteiger charge is 2.23. The normalized spacial score (nSPS) is 12.2. The number of hydrogen-bond acceptors (Lipinski definition) is 6. The Balaban J connectivity index is 1.78. The van der Waals surface area contributed by atoms with Crippen molar-refractivity contribution in [3.05, 3.63) is 42.2 Å². The molecule has 0 saturated carbocycles. The Hall–Kier alpha value is -3.00. The molecular weight excluding hydrogens is 400 g/mol. The van der Waals surface area contributed by atoms with Crippen molar-refractivity contribution in [2.24, 2.45) is 5.92 Å². The molecule has 158 valence electrons. The van der Waals surface area contributed by atoms with E-state index in [1.165, 1.54) is 0 Å². The number of nitrogens with zero attached hydrogens (tertiary/aromatic N) is 3. The van der Waals surface area contributed by atoms with Gasteiger partial charge in [0.2, 0.25) is 5.91 Å². The standard InChI is InChI=1S/C22H26N4O3S/c1-13(2)19(22(28)29)25-18(27)10-11-26(4)20-16-12-17(15-8-6-5-7-9-15)30-21(16)24-14(3)23-20/h5-9,12-13,19H,10-11H2,1-4H3,(H,25,27)(H,28,29). The van der Waals surface area contributed by atoms with E-state index >= 15 is 0 Å². The maximum absolute atomic E-state index is 12.3. The zero-order valence-electron chi connectivity index (χ0n) is 17.5. The molecule has 3 aromatic rings. The van der Waals surface area contributed by atoms with Gasteiger partial charge < -0.3 is 15.3 Å². The van der Waals surface area contributed by atoms with Crippen molar-refractivity contribution in [3.63, 3.8) is 0 Å². The Morgan fingerprint density at radius 2 is 1.90 bits per heavy atom. The molecule has 1 aromatic carbocycles. The minimum atomic E-state index is -1.02. The summed E-state index contributed by atoms with van der Waals surface area (Å²) in [7, 11) is 1.88. The maximum Gasteiger partial charge on any atom is 0.326 e. The number of rotatable bonds is 8. The Labute approximate surface area is 179 Å². The number of aryl methyl sites for hydroxylation is 1. The second-order valence-corrected chi connectivity index (χ2v) is 8.62. The minimum absolute atomic E-state index is 0.174. The minimum Gasteiger partial charge on any atom is -0.480 e. The highest BCUT2D eigenvalue weighted by Crippen LogP contribution is 2.36. The van der Waals surface area contributed by atoms with Gasteiger partial charge in [-0.3, -0.25) is 4.79 Å². The van der Waals surface area contributed by atoms with Crippen molar-refractivity contribution in [1.82, 2.24) is 15.3 Å². The molecular formula is C22H26N4O3S. The van der Waals surface area contributed by atoms with Crippen LogP contribution in [0.2, 0.25) is 0 Å². The van der Waals surface area contributed by atoms with E-state index in [1.54, 1.807) is 25.2 Å². The Morgan fingerprint density at radius 1 is 1.20 bits per heavy atom. The molecule has 0 aliphatic heterocycles. The summed E-state index contributed by atoms with van der Waals surface area (Å²) in [4.78, 5) is 36.7. The van der Waals surface area contributed by atoms with E-state index in [1.807, 2.05) is 37.1 Å². The van der Waals surface area contributed by atoms with Crippen molar-refractivity contribution in [1.29, 1.82) is 0 Å². The number of fused-ring (bicyclic) bond motifs is 1. The zero-order valence-corrected chi connectivity index (χ0v) is 18.4. The van der Waals surface area contributed by atoms with Crippen molar-refractivity contribution < 1.29 is 14.7 Å². The number of amides is 1. The number of hydrogen-bond donors (Lipinski definition) is 2. The lowest BCUT2D eigenvalue weighted by atomic mass is 10.0. The summed E-state index contributed by atoms with van der Waals surface area (Å²) in [5, 5.41) is 12.8. The van der Waals surface area contributed by atoms with Crippen LogP contribution in [-0.4, -0.2) is 46.6 Å². The van der Waals surface area contributed by atoms with Gasteiger partial charge in [-0.25, -0.2) is 14.8 Å². The second kappa shape index (κ2) is 9.21. The Morgan fingerprint density at radius 3 is 2.53 bits per heavy atom. The van der Waals surface area contributed by atoms with Crippen LogP contribution in [0.15, 0.2) is 36.4 Å². The lowest BCUT2D eigenvalue weighted by molar-refractivity contribution is -0.143. The van der Waals surface area contributed by atoms with E-state index in [9.17, 15) is 14.7 Å². The van der Waals surface area contributed by atoms with Crippen LogP contribution in [-0.2, 0) is 9.59 Å². The van der Waals surface area contributed by atoms with Crippen LogP contribution in [0.1, 0.15) is 26.1 Å². The molecule has 7 nitrogen and oxygen atoms in total. The number of benzene rings is 1. The van der Waals surface area contributed by atoms with Gasteiger partial charge >= 0.3 is 5.97 Å². The van der Waals surface area contributed by atoms with Gasteiger partial charge in [0.1, 0.15) is 22.5 Å². The summed E-state index contributed by atoms with van der Waals surface area (Å²) >= 11 is 1.61. The lowest BCUT2D eigenvalue weighted by Gasteiger charge is -2.21. The number of carbonyl (C=O) groups is 2. The van der Waals surface area contributed by atoms with Crippen molar-refractivity contribution in [2.75, 3.05) is 18.5 Å². The molecule has 8 heteroatoms. The fraction of sp³-hybridized carbons (Fsp3) is 0.364. The SMILES string of the molecule is Cc1nc(N(C)CCC(=O)NC(C(=O)O)C(C)C)c2cc(-c3ccccc3)sc2n1. The molecule has 0 aliphatic carbocycles. The summed E-state index contributed by atoms with van der Waals surface area (Å²) in [5.41, 5.74) is 1.12. The van der Waals surface area contributed by atoms with E-state index in [2.05, 4.69) is 33.5 Å². The molecule has 1 unspecified atom stereocenters. The molecule has 0 radical (unpaired) electrons. The maximum atomic E-state index is 12.3. The molecule has 0 bridgehead atoms. The monoisotopic (exact) mass is 426 g/mol. The van der Waals surface area contributed by atoms with Crippen LogP contribution in [0.5, 0.6) is 0 Å². The fourth-order valence-electron chi connectivity index (χ4n) is 3.18. The first-order chi connectivity index (χ1) is 14.3. The van der Waals surface area contributed by atoms with Crippen molar-refractivity contribution in [2.45, 2.75) is 33.2 Å². The Bertz CT molecular complexity index is 1050. The van der Waals surface area contributed by atoms with Crippen LogP contribution in [0.4, 0.5) is 5.82 Å². The van der Waals surface area contributed by atoms with Gasteiger partial charge in [0.15, 0.2) is 0 Å². The van der Waals surface area contributed by atoms with Gasteiger partial charge in [0.05, 0.1) is 5.39 Å². The Kier molecular flexibility index (Phi) is 6.66.